The Morgan fingerprint density at radius 2 is 0.929 bits per heavy atom. The Hall–Kier alpha value is -6.48. The smallest absolute Gasteiger partial charge is 0.325 e. The lowest BCUT2D eigenvalue weighted by molar-refractivity contribution is -0.267. The van der Waals surface area contributed by atoms with E-state index in [1.165, 1.54) is 41.5 Å². The lowest BCUT2D eigenvalue weighted by atomic mass is 10.0. The summed E-state index contributed by atoms with van der Waals surface area (Å²) < 4.78 is 92.8. The fourth-order valence-electron chi connectivity index (χ4n) is 8.02. The summed E-state index contributed by atoms with van der Waals surface area (Å²) in [6.07, 6.45) is -6.49. The number of amides is 3. The number of carbonyl (C=O) groups excluding carboxylic acids is 10. The van der Waals surface area contributed by atoms with E-state index in [0.29, 0.717) is 12.8 Å². The van der Waals surface area contributed by atoms with Gasteiger partial charge < -0.3 is 96.5 Å². The quantitative estimate of drug-likeness (QED) is 0.0434. The Morgan fingerprint density at radius 1 is 0.494 bits per heavy atom. The molecule has 30 nitrogen and oxygen atoms in total. The summed E-state index contributed by atoms with van der Waals surface area (Å²) in [7, 11) is 0. The summed E-state index contributed by atoms with van der Waals surface area (Å²) in [4.78, 5) is 121. The zero-order valence-electron chi connectivity index (χ0n) is 49.1. The number of rotatable bonds is 43. The molecular formula is C55H83N3O27. The van der Waals surface area contributed by atoms with E-state index in [1.54, 1.807) is 24.3 Å². The summed E-state index contributed by atoms with van der Waals surface area (Å²) in [5.41, 5.74) is 0.763. The molecule has 0 aliphatic carbocycles. The third-order valence-corrected chi connectivity index (χ3v) is 11.7. The minimum absolute atomic E-state index is 0.0107. The number of ether oxygens (including phenoxy) is 17. The first-order valence-corrected chi connectivity index (χ1v) is 27.8. The number of benzene rings is 1. The van der Waals surface area contributed by atoms with Crippen molar-refractivity contribution >= 4 is 59.5 Å². The van der Waals surface area contributed by atoms with Gasteiger partial charge in [0.1, 0.15) is 70.0 Å². The van der Waals surface area contributed by atoms with Gasteiger partial charge in [0, 0.05) is 60.9 Å². The second-order valence-electron chi connectivity index (χ2n) is 18.9. The van der Waals surface area contributed by atoms with Crippen LogP contribution in [0, 0.1) is 0 Å². The zero-order chi connectivity index (χ0) is 62.2. The van der Waals surface area contributed by atoms with Crippen LogP contribution in [-0.2, 0) is 135 Å². The van der Waals surface area contributed by atoms with Gasteiger partial charge in [-0.05, 0) is 24.8 Å². The molecule has 2 aliphatic rings. The number of hydrogen-bond acceptors (Lipinski definition) is 27. The highest BCUT2D eigenvalue weighted by Crippen LogP contribution is 2.28. The van der Waals surface area contributed by atoms with Crippen LogP contribution in [0.2, 0.25) is 0 Å². The van der Waals surface area contributed by atoms with E-state index in [2.05, 4.69) is 16.0 Å². The molecule has 2 saturated heterocycles. The Kier molecular flexibility index (Phi) is 37.0. The predicted octanol–water partition coefficient (Wildman–Crippen LogP) is -0.167. The molecule has 0 unspecified atom stereocenters. The summed E-state index contributed by atoms with van der Waals surface area (Å²) in [6.45, 7) is 7.52. The Bertz CT molecular complexity index is 2190. The molecule has 30 heteroatoms. The van der Waals surface area contributed by atoms with Gasteiger partial charge in [0.25, 0.3) is 0 Å². The van der Waals surface area contributed by atoms with E-state index in [9.17, 15) is 47.9 Å². The number of unbranched alkanes of at least 4 members (excludes halogenated alkanes) is 1. The molecule has 0 saturated carbocycles. The van der Waals surface area contributed by atoms with Crippen molar-refractivity contribution in [2.75, 3.05) is 119 Å². The molecule has 0 bridgehead atoms. The van der Waals surface area contributed by atoms with Gasteiger partial charge in [0.2, 0.25) is 17.7 Å². The third-order valence-electron chi connectivity index (χ3n) is 11.7. The van der Waals surface area contributed by atoms with Crippen LogP contribution in [0.3, 0.4) is 0 Å². The van der Waals surface area contributed by atoms with Crippen molar-refractivity contribution < 1.29 is 128 Å². The molecule has 0 aromatic heterocycles. The van der Waals surface area contributed by atoms with Crippen molar-refractivity contribution in [3.05, 3.63) is 35.9 Å². The van der Waals surface area contributed by atoms with Crippen LogP contribution in [0.4, 0.5) is 0 Å². The van der Waals surface area contributed by atoms with Gasteiger partial charge in [-0.1, -0.05) is 30.3 Å². The number of esters is 7. The molecule has 480 valence electrons. The van der Waals surface area contributed by atoms with Gasteiger partial charge in [0.15, 0.2) is 24.8 Å². The first-order valence-electron chi connectivity index (χ1n) is 27.8. The molecule has 0 radical (unpaired) electrons. The highest BCUT2D eigenvalue weighted by molar-refractivity contribution is 5.90. The van der Waals surface area contributed by atoms with E-state index in [0.717, 1.165) is 5.56 Å². The standard InChI is InChI=1S/C55H83N3O27/c1-36(59)77-32-46-53(82-40(5)63)44(80-38(3)61)28-51(84-46)75-26-24-71-18-16-69-20-22-73-34-48(65)56-15-11-10-14-43(55(68)57-30-50(67)79-31-42-12-8-7-9-13-42)58-49(66)35-74-23-21-70-17-19-72-25-27-76-52-29-45(81-39(4)62)54(83-41(6)64)47(85-52)33-78-37(2)60/h7-9,12-13,43-47,51-54H,10-11,14-35H2,1-6H3,(H,56,65)(H,57,68)(H,58,66)/t43-,44+,45+,46+,47+,51+,52+,53+,54+/m0/s1. The molecule has 85 heavy (non-hydrogen) atoms. The molecule has 9 atom stereocenters. The molecule has 2 fully saturated rings. The second kappa shape index (κ2) is 43.2. The van der Waals surface area contributed by atoms with Gasteiger partial charge in [-0.15, -0.1) is 0 Å². The maximum atomic E-state index is 13.2. The van der Waals surface area contributed by atoms with Crippen molar-refractivity contribution in [2.45, 2.75) is 135 Å². The van der Waals surface area contributed by atoms with Crippen LogP contribution < -0.4 is 16.0 Å². The van der Waals surface area contributed by atoms with Gasteiger partial charge in [-0.3, -0.25) is 47.9 Å². The number of nitrogens with one attached hydrogen (secondary N) is 3. The van der Waals surface area contributed by atoms with Crippen LogP contribution in [0.1, 0.15) is 79.2 Å². The second-order valence-corrected chi connectivity index (χ2v) is 18.9. The van der Waals surface area contributed by atoms with E-state index in [4.69, 9.17) is 80.5 Å². The van der Waals surface area contributed by atoms with Crippen LogP contribution in [0.25, 0.3) is 0 Å². The molecule has 1 aromatic rings. The van der Waals surface area contributed by atoms with Crippen molar-refractivity contribution in [3.63, 3.8) is 0 Å². The highest BCUT2D eigenvalue weighted by Gasteiger charge is 2.45. The summed E-state index contributed by atoms with van der Waals surface area (Å²) >= 11 is 0. The van der Waals surface area contributed by atoms with Crippen molar-refractivity contribution in [3.8, 4) is 0 Å². The summed E-state index contributed by atoms with van der Waals surface area (Å²) in [5, 5.41) is 7.88. The fraction of sp³-hybridized carbons (Fsp3) is 0.709. The van der Waals surface area contributed by atoms with Crippen molar-refractivity contribution in [1.29, 1.82) is 0 Å². The monoisotopic (exact) mass is 1220 g/mol. The van der Waals surface area contributed by atoms with Gasteiger partial charge >= 0.3 is 41.8 Å². The predicted molar refractivity (Wildman–Crippen MR) is 287 cm³/mol. The Labute approximate surface area is 492 Å². The van der Waals surface area contributed by atoms with Gasteiger partial charge in [-0.25, -0.2) is 0 Å². The zero-order valence-corrected chi connectivity index (χ0v) is 49.1. The molecule has 3 rings (SSSR count). The van der Waals surface area contributed by atoms with Crippen LogP contribution >= 0.6 is 0 Å². The SMILES string of the molecule is CC(=O)OC[C@H]1O[C@@H](OCCOCCOCCOCC(=O)NCCCC[C@H](NC(=O)COCCOCCOCCO[C@H]2C[C@@H](OC(C)=O)[C@@H](OC(C)=O)[C@@H](COC(C)=O)O2)C(=O)NCC(=O)OCc2ccccc2)C[C@@H](OC(C)=O)[C@H]1OC(C)=O. The average Bonchev–Trinajstić information content (AvgIpc) is 2.54. The van der Waals surface area contributed by atoms with Crippen molar-refractivity contribution in [1.82, 2.24) is 16.0 Å². The average molecular weight is 1220 g/mol. The lowest BCUT2D eigenvalue weighted by Crippen LogP contribution is -2.54. The maximum absolute atomic E-state index is 13.2. The van der Waals surface area contributed by atoms with Gasteiger partial charge in [0.05, 0.1) is 79.3 Å². The Balaban J connectivity index is 1.29. The van der Waals surface area contributed by atoms with Crippen LogP contribution in [0.5, 0.6) is 0 Å². The summed E-state index contributed by atoms with van der Waals surface area (Å²) in [5.74, 6) is -5.94. The third kappa shape index (κ3) is 34.3. The van der Waals surface area contributed by atoms with E-state index in [-0.39, 0.29) is 137 Å². The number of hydrogen-bond donors (Lipinski definition) is 3. The minimum Gasteiger partial charge on any atom is -0.463 e. The molecule has 2 aliphatic heterocycles. The molecule has 3 amide bonds. The molecule has 2 heterocycles. The first-order chi connectivity index (χ1) is 40.8. The fourth-order valence-corrected chi connectivity index (χ4v) is 8.02. The normalized spacial score (nSPS) is 20.4. The minimum atomic E-state index is -1.05. The van der Waals surface area contributed by atoms with E-state index in [1.807, 2.05) is 6.07 Å². The Morgan fingerprint density at radius 3 is 1.38 bits per heavy atom. The highest BCUT2D eigenvalue weighted by atomic mass is 16.7. The molecule has 1 aromatic carbocycles. The van der Waals surface area contributed by atoms with E-state index < -0.39 is 122 Å². The van der Waals surface area contributed by atoms with Crippen LogP contribution in [-0.4, -0.2) is 234 Å². The maximum Gasteiger partial charge on any atom is 0.325 e. The molecular weight excluding hydrogens is 1130 g/mol. The van der Waals surface area contributed by atoms with Gasteiger partial charge in [-0.2, -0.15) is 0 Å². The van der Waals surface area contributed by atoms with Crippen molar-refractivity contribution in [2.24, 2.45) is 0 Å². The first kappa shape index (κ1) is 72.8. The van der Waals surface area contributed by atoms with Crippen LogP contribution in [0.15, 0.2) is 30.3 Å². The largest absolute Gasteiger partial charge is 0.463 e. The lowest BCUT2D eigenvalue weighted by Gasteiger charge is -2.39. The van der Waals surface area contributed by atoms with E-state index >= 15 is 0 Å². The topological polar surface area (TPSA) is 364 Å². The molecule has 0 spiro atoms. The molecule has 3 N–H and O–H groups in total. The summed E-state index contributed by atoms with van der Waals surface area (Å²) in [6, 6.07) is 7.94. The number of carbonyl (C=O) groups is 10.